The van der Waals surface area contributed by atoms with Crippen molar-refractivity contribution in [1.29, 1.82) is 0 Å². The molecule has 0 aliphatic rings. The average molecular weight is 657 g/mol. The average Bonchev–Trinajstić information content (AvgIpc) is 3.72. The lowest BCUT2D eigenvalue weighted by molar-refractivity contribution is 1.07. The van der Waals surface area contributed by atoms with E-state index in [-0.39, 0.29) is 0 Å². The van der Waals surface area contributed by atoms with Crippen LogP contribution in [0.5, 0.6) is 0 Å². The molecule has 4 nitrogen and oxygen atoms in total. The van der Waals surface area contributed by atoms with Gasteiger partial charge in [-0.2, -0.15) is 0 Å². The van der Waals surface area contributed by atoms with Gasteiger partial charge in [0.1, 0.15) is 0 Å². The van der Waals surface area contributed by atoms with E-state index >= 15 is 0 Å². The highest BCUT2D eigenvalue weighted by atomic mass is 32.1. The first-order valence-electron chi connectivity index (χ1n) is 16.7. The number of rotatable bonds is 5. The second-order valence-electron chi connectivity index (χ2n) is 12.5. The van der Waals surface area contributed by atoms with Gasteiger partial charge in [0.15, 0.2) is 17.5 Å². The fourth-order valence-corrected chi connectivity index (χ4v) is 8.16. The highest BCUT2D eigenvalue weighted by Crippen LogP contribution is 2.41. The largest absolute Gasteiger partial charge is 0.309 e. The number of benzene rings is 7. The summed E-state index contributed by atoms with van der Waals surface area (Å²) in [6.45, 7) is 0. The summed E-state index contributed by atoms with van der Waals surface area (Å²) in [5.41, 5.74) is 8.69. The van der Waals surface area contributed by atoms with Crippen molar-refractivity contribution in [3.63, 3.8) is 0 Å². The van der Waals surface area contributed by atoms with Gasteiger partial charge in [-0.1, -0.05) is 133 Å². The van der Waals surface area contributed by atoms with E-state index in [2.05, 4.69) is 114 Å². The molecular formula is C45H28N4S. The zero-order chi connectivity index (χ0) is 33.0. The smallest absolute Gasteiger partial charge is 0.164 e. The molecule has 10 rings (SSSR count). The third-order valence-corrected chi connectivity index (χ3v) is 10.6. The van der Waals surface area contributed by atoms with Gasteiger partial charge in [0.2, 0.25) is 0 Å². The lowest BCUT2D eigenvalue weighted by Crippen LogP contribution is -2.00. The van der Waals surface area contributed by atoms with Crippen molar-refractivity contribution in [1.82, 2.24) is 19.5 Å². The van der Waals surface area contributed by atoms with E-state index in [9.17, 15) is 0 Å². The minimum absolute atomic E-state index is 0.649. The second-order valence-corrected chi connectivity index (χ2v) is 13.6. The molecule has 0 atom stereocenters. The van der Waals surface area contributed by atoms with Crippen LogP contribution >= 0.6 is 11.3 Å². The number of aromatic nitrogens is 4. The first-order valence-corrected chi connectivity index (χ1v) is 17.5. The Hall–Kier alpha value is -6.43. The predicted octanol–water partition coefficient (Wildman–Crippen LogP) is 12.0. The lowest BCUT2D eigenvalue weighted by Gasteiger charge is -2.11. The van der Waals surface area contributed by atoms with Crippen molar-refractivity contribution in [3.05, 3.63) is 170 Å². The van der Waals surface area contributed by atoms with Gasteiger partial charge >= 0.3 is 0 Å². The van der Waals surface area contributed by atoms with Crippen molar-refractivity contribution in [2.45, 2.75) is 0 Å². The fraction of sp³-hybridized carbons (Fsp3) is 0. The molecule has 3 heterocycles. The van der Waals surface area contributed by atoms with Crippen molar-refractivity contribution < 1.29 is 0 Å². The topological polar surface area (TPSA) is 43.6 Å². The van der Waals surface area contributed by atoms with E-state index in [0.29, 0.717) is 17.5 Å². The van der Waals surface area contributed by atoms with Crippen molar-refractivity contribution in [2.24, 2.45) is 0 Å². The molecule has 7 aromatic carbocycles. The SMILES string of the molecule is c1ccc(-c2nc(-c3ccccc3)nc(-c3ccc(-c4cccc(-n5c6ccccc6c6cc7c(cc65)sc5ccccc57)c4)cc3)n2)cc1. The standard InChI is InChI=1S/C45H28N4S/c1-3-12-30(13-4-1)43-46-44(31-14-5-2-6-15-31)48-45(47-43)32-24-22-29(23-25-32)33-16-11-17-34(26-33)49-39-20-9-7-18-35(39)37-27-38-36-19-8-10-21-41(36)50-42(38)28-40(37)49/h1-28H. The van der Waals surface area contributed by atoms with E-state index in [4.69, 9.17) is 15.0 Å². The number of nitrogens with zero attached hydrogens (tertiary/aromatic N) is 4. The van der Waals surface area contributed by atoms with E-state index < -0.39 is 0 Å². The van der Waals surface area contributed by atoms with Crippen LogP contribution in [0.3, 0.4) is 0 Å². The Morgan fingerprint density at radius 1 is 0.340 bits per heavy atom. The van der Waals surface area contributed by atoms with Crippen molar-refractivity contribution in [3.8, 4) is 51.0 Å². The third-order valence-electron chi connectivity index (χ3n) is 9.45. The molecule has 0 amide bonds. The van der Waals surface area contributed by atoms with Gasteiger partial charge in [0, 0.05) is 53.3 Å². The van der Waals surface area contributed by atoms with Crippen LogP contribution in [0.1, 0.15) is 0 Å². The molecule has 0 aliphatic heterocycles. The predicted molar refractivity (Wildman–Crippen MR) is 209 cm³/mol. The van der Waals surface area contributed by atoms with Gasteiger partial charge in [0.05, 0.1) is 11.0 Å². The Labute approximate surface area is 292 Å². The maximum Gasteiger partial charge on any atom is 0.164 e. The normalized spacial score (nSPS) is 11.6. The molecule has 0 saturated carbocycles. The minimum atomic E-state index is 0.649. The Morgan fingerprint density at radius 2 is 0.900 bits per heavy atom. The molecule has 0 bridgehead atoms. The first kappa shape index (κ1) is 28.6. The number of thiophene rings is 1. The quantitative estimate of drug-likeness (QED) is 0.185. The molecular weight excluding hydrogens is 629 g/mol. The fourth-order valence-electron chi connectivity index (χ4n) is 7.04. The molecule has 50 heavy (non-hydrogen) atoms. The highest BCUT2D eigenvalue weighted by Gasteiger charge is 2.16. The van der Waals surface area contributed by atoms with Crippen LogP contribution in [0.25, 0.3) is 93.0 Å². The van der Waals surface area contributed by atoms with Crippen LogP contribution in [0.15, 0.2) is 170 Å². The Morgan fingerprint density at radius 3 is 1.60 bits per heavy atom. The summed E-state index contributed by atoms with van der Waals surface area (Å²) in [4.78, 5) is 14.7. The zero-order valence-corrected chi connectivity index (χ0v) is 27.7. The van der Waals surface area contributed by atoms with Crippen LogP contribution in [-0.4, -0.2) is 19.5 Å². The van der Waals surface area contributed by atoms with Crippen LogP contribution in [-0.2, 0) is 0 Å². The molecule has 0 spiro atoms. The molecule has 0 saturated heterocycles. The summed E-state index contributed by atoms with van der Waals surface area (Å²) >= 11 is 1.86. The second kappa shape index (κ2) is 11.6. The lowest BCUT2D eigenvalue weighted by atomic mass is 10.0. The maximum atomic E-state index is 4.92. The van der Waals surface area contributed by atoms with Gasteiger partial charge in [0.25, 0.3) is 0 Å². The number of para-hydroxylation sites is 1. The van der Waals surface area contributed by atoms with Crippen molar-refractivity contribution in [2.75, 3.05) is 0 Å². The van der Waals surface area contributed by atoms with Crippen LogP contribution in [0.4, 0.5) is 0 Å². The number of hydrogen-bond donors (Lipinski definition) is 0. The molecule has 0 unspecified atom stereocenters. The van der Waals surface area contributed by atoms with Gasteiger partial charge < -0.3 is 4.57 Å². The van der Waals surface area contributed by atoms with Gasteiger partial charge in [-0.3, -0.25) is 0 Å². The van der Waals surface area contributed by atoms with E-state index in [1.807, 2.05) is 72.0 Å². The van der Waals surface area contributed by atoms with Gasteiger partial charge in [-0.15, -0.1) is 11.3 Å². The molecule has 0 aliphatic carbocycles. The summed E-state index contributed by atoms with van der Waals surface area (Å²) in [5.74, 6) is 1.96. The van der Waals surface area contributed by atoms with E-state index in [0.717, 1.165) is 33.5 Å². The summed E-state index contributed by atoms with van der Waals surface area (Å²) in [7, 11) is 0. The van der Waals surface area contributed by atoms with Gasteiger partial charge in [-0.25, -0.2) is 15.0 Å². The summed E-state index contributed by atoms with van der Waals surface area (Å²) in [6.07, 6.45) is 0. The maximum absolute atomic E-state index is 4.92. The molecule has 234 valence electrons. The summed E-state index contributed by atoms with van der Waals surface area (Å²) in [5, 5.41) is 5.17. The molecule has 0 radical (unpaired) electrons. The summed E-state index contributed by atoms with van der Waals surface area (Å²) in [6, 6.07) is 59.8. The van der Waals surface area contributed by atoms with Crippen LogP contribution in [0.2, 0.25) is 0 Å². The van der Waals surface area contributed by atoms with E-state index in [1.54, 1.807) is 0 Å². The third kappa shape index (κ3) is 4.79. The molecule has 10 aromatic rings. The van der Waals surface area contributed by atoms with E-state index in [1.165, 1.54) is 42.0 Å². The first-order chi connectivity index (χ1) is 24.8. The molecule has 3 aromatic heterocycles. The highest BCUT2D eigenvalue weighted by molar-refractivity contribution is 7.25. The molecule has 5 heteroatoms. The number of fused-ring (bicyclic) bond motifs is 6. The molecule has 0 N–H and O–H groups in total. The van der Waals surface area contributed by atoms with Gasteiger partial charge in [-0.05, 0) is 47.5 Å². The molecule has 0 fully saturated rings. The summed E-state index contributed by atoms with van der Waals surface area (Å²) < 4.78 is 5.03. The number of hydrogen-bond acceptors (Lipinski definition) is 4. The minimum Gasteiger partial charge on any atom is -0.309 e. The zero-order valence-electron chi connectivity index (χ0n) is 26.9. The van der Waals surface area contributed by atoms with Crippen molar-refractivity contribution >= 4 is 53.3 Å². The Kier molecular flexibility index (Phi) is 6.64. The monoisotopic (exact) mass is 656 g/mol. The Bertz CT molecular complexity index is 2800. The van der Waals surface area contributed by atoms with Crippen LogP contribution < -0.4 is 0 Å². The Balaban J connectivity index is 1.07. The van der Waals surface area contributed by atoms with Crippen LogP contribution in [0, 0.1) is 0 Å².